The maximum Gasteiger partial charge on any atom is 0.0726 e. The molecule has 1 heterocycles. The van der Waals surface area contributed by atoms with Gasteiger partial charge in [-0.3, -0.25) is 0 Å². The first-order valence-corrected chi connectivity index (χ1v) is 21.9. The Labute approximate surface area is 359 Å². The van der Waals surface area contributed by atoms with Crippen molar-refractivity contribution in [1.29, 1.82) is 0 Å². The van der Waals surface area contributed by atoms with Gasteiger partial charge in [0.15, 0.2) is 0 Å². The van der Waals surface area contributed by atoms with Crippen molar-refractivity contribution in [3.05, 3.63) is 247 Å². The van der Waals surface area contributed by atoms with Crippen LogP contribution < -0.4 is 4.90 Å². The van der Waals surface area contributed by atoms with Crippen LogP contribution in [0.2, 0.25) is 0 Å². The Hall–Kier alpha value is -7.52. The molecule has 2 heteroatoms. The molecule has 0 atom stereocenters. The predicted octanol–water partition coefficient (Wildman–Crippen LogP) is 16.4. The largest absolute Gasteiger partial charge is 0.309 e. The van der Waals surface area contributed by atoms with Gasteiger partial charge in [-0.25, -0.2) is 0 Å². The lowest BCUT2D eigenvalue weighted by molar-refractivity contribution is 0.794. The van der Waals surface area contributed by atoms with E-state index in [0.717, 1.165) is 5.69 Å². The summed E-state index contributed by atoms with van der Waals surface area (Å²) in [5.74, 6) is 0. The first kappa shape index (κ1) is 34.4. The van der Waals surface area contributed by atoms with E-state index in [0.29, 0.717) is 0 Å². The highest BCUT2D eigenvalue weighted by molar-refractivity contribution is 7.26. The van der Waals surface area contributed by atoms with E-state index in [4.69, 9.17) is 0 Å². The third kappa shape index (κ3) is 4.83. The van der Waals surface area contributed by atoms with E-state index in [2.05, 4.69) is 229 Å². The minimum Gasteiger partial charge on any atom is -0.309 e. The molecule has 2 aliphatic rings. The molecule has 1 nitrogen and oxygen atoms in total. The molecule has 2 aliphatic carbocycles. The smallest absolute Gasteiger partial charge is 0.0726 e. The topological polar surface area (TPSA) is 3.24 Å². The second kappa shape index (κ2) is 13.2. The van der Waals surface area contributed by atoms with Crippen molar-refractivity contribution in [3.63, 3.8) is 0 Å². The van der Waals surface area contributed by atoms with E-state index in [9.17, 15) is 0 Å². The molecule has 0 amide bonds. The molecular formula is C59H37NS. The van der Waals surface area contributed by atoms with Crippen LogP contribution in [0.25, 0.3) is 75.5 Å². The van der Waals surface area contributed by atoms with Crippen LogP contribution in [0.5, 0.6) is 0 Å². The lowest BCUT2D eigenvalue weighted by Gasteiger charge is -2.32. The van der Waals surface area contributed by atoms with Crippen LogP contribution in [0.4, 0.5) is 17.1 Å². The van der Waals surface area contributed by atoms with Gasteiger partial charge < -0.3 is 4.90 Å². The predicted molar refractivity (Wildman–Crippen MR) is 259 cm³/mol. The Morgan fingerprint density at radius 1 is 0.344 bits per heavy atom. The van der Waals surface area contributed by atoms with Crippen molar-refractivity contribution in [2.75, 3.05) is 4.90 Å². The third-order valence-electron chi connectivity index (χ3n) is 13.3. The Balaban J connectivity index is 1.10. The summed E-state index contributed by atoms with van der Waals surface area (Å²) >= 11 is 1.89. The summed E-state index contributed by atoms with van der Waals surface area (Å²) in [6, 6.07) is 83.4. The normalized spacial score (nSPS) is 13.0. The molecule has 10 aromatic carbocycles. The number of anilines is 3. The van der Waals surface area contributed by atoms with E-state index in [-0.39, 0.29) is 0 Å². The Morgan fingerprint density at radius 2 is 0.869 bits per heavy atom. The fourth-order valence-electron chi connectivity index (χ4n) is 10.8. The molecule has 0 saturated heterocycles. The first-order valence-electron chi connectivity index (χ1n) is 21.1. The van der Waals surface area contributed by atoms with Crippen LogP contribution in [0.1, 0.15) is 22.3 Å². The first-order chi connectivity index (χ1) is 30.3. The second-order valence-electron chi connectivity index (χ2n) is 16.3. The number of thiophene rings is 1. The van der Waals surface area contributed by atoms with Gasteiger partial charge in [0.05, 0.1) is 16.8 Å². The summed E-state index contributed by atoms with van der Waals surface area (Å²) < 4.78 is 2.58. The van der Waals surface area contributed by atoms with Crippen molar-refractivity contribution >= 4 is 59.3 Å². The number of fused-ring (bicyclic) bond motifs is 14. The maximum absolute atomic E-state index is 2.55. The van der Waals surface area contributed by atoms with Crippen LogP contribution in [0, 0.1) is 0 Å². The molecular weight excluding hydrogens is 755 g/mol. The summed E-state index contributed by atoms with van der Waals surface area (Å²) in [7, 11) is 0. The van der Waals surface area contributed by atoms with Crippen molar-refractivity contribution in [2.45, 2.75) is 5.41 Å². The minimum atomic E-state index is -0.440. The molecule has 13 rings (SSSR count). The van der Waals surface area contributed by atoms with E-state index in [1.165, 1.54) is 109 Å². The molecule has 0 saturated carbocycles. The van der Waals surface area contributed by atoms with Crippen molar-refractivity contribution in [2.24, 2.45) is 0 Å². The highest BCUT2D eigenvalue weighted by Crippen LogP contribution is 2.65. The molecule has 1 spiro atoms. The molecule has 0 fully saturated rings. The van der Waals surface area contributed by atoms with Crippen LogP contribution in [0.15, 0.2) is 224 Å². The maximum atomic E-state index is 2.55. The van der Waals surface area contributed by atoms with Gasteiger partial charge in [-0.2, -0.15) is 0 Å². The molecule has 11 aromatic rings. The van der Waals surface area contributed by atoms with Gasteiger partial charge in [0, 0.05) is 31.4 Å². The summed E-state index contributed by atoms with van der Waals surface area (Å²) in [4.78, 5) is 2.55. The Kier molecular flexibility index (Phi) is 7.46. The molecule has 0 unspecified atom stereocenters. The number of hydrogen-bond acceptors (Lipinski definition) is 2. The third-order valence-corrected chi connectivity index (χ3v) is 14.5. The van der Waals surface area contributed by atoms with Gasteiger partial charge in [0.25, 0.3) is 0 Å². The molecule has 0 bridgehead atoms. The molecule has 1 aromatic heterocycles. The minimum absolute atomic E-state index is 0.440. The van der Waals surface area contributed by atoms with Gasteiger partial charge in [0.1, 0.15) is 0 Å². The van der Waals surface area contributed by atoms with Crippen molar-refractivity contribution < 1.29 is 0 Å². The van der Waals surface area contributed by atoms with E-state index in [1.807, 2.05) is 11.3 Å². The van der Waals surface area contributed by atoms with Crippen LogP contribution >= 0.6 is 11.3 Å². The quantitative estimate of drug-likeness (QED) is 0.168. The summed E-state index contributed by atoms with van der Waals surface area (Å²) in [5, 5.41) is 5.06. The second-order valence-corrected chi connectivity index (χ2v) is 17.3. The van der Waals surface area contributed by atoms with Crippen molar-refractivity contribution in [3.8, 4) is 44.5 Å². The standard InChI is InChI=1S/C59H37NS/c1-2-16-39(17-3-1)44-25-13-26-48-57-54(32-15-33-55(57)61-58(44)48)60(41-36-34-40(35-37-41)43-24-12-19-38-18-4-5-20-42(38)43)53-31-14-30-52-56(53)47-23-8-11-29-51(47)59(52)49-27-9-6-21-45(49)46-22-7-10-28-50(46)59/h1-37H. The number of hydrogen-bond donors (Lipinski definition) is 0. The SMILES string of the molecule is c1ccc(-c2cccc3c2sc2cccc(N(c4ccc(-c5cccc6ccccc56)cc4)c4cccc5c4-c4ccccc4C54c5ccccc5-c5ccccc54)c23)cc1. The van der Waals surface area contributed by atoms with Gasteiger partial charge in [0.2, 0.25) is 0 Å². The Bertz CT molecular complexity index is 3490. The highest BCUT2D eigenvalue weighted by atomic mass is 32.1. The van der Waals surface area contributed by atoms with Crippen LogP contribution in [0.3, 0.4) is 0 Å². The van der Waals surface area contributed by atoms with Gasteiger partial charge in [-0.1, -0.05) is 194 Å². The van der Waals surface area contributed by atoms with Gasteiger partial charge in [-0.05, 0) is 102 Å². The summed E-state index contributed by atoms with van der Waals surface area (Å²) in [6.07, 6.45) is 0. The summed E-state index contributed by atoms with van der Waals surface area (Å²) in [6.45, 7) is 0. The van der Waals surface area contributed by atoms with Gasteiger partial charge >= 0.3 is 0 Å². The zero-order valence-corrected chi connectivity index (χ0v) is 34.0. The average Bonchev–Trinajstić information content (AvgIpc) is 3.97. The average molecular weight is 792 g/mol. The molecule has 0 aliphatic heterocycles. The zero-order chi connectivity index (χ0) is 40.1. The number of benzene rings is 10. The van der Waals surface area contributed by atoms with E-state index in [1.54, 1.807) is 0 Å². The molecule has 61 heavy (non-hydrogen) atoms. The lowest BCUT2D eigenvalue weighted by atomic mass is 9.70. The number of nitrogens with zero attached hydrogens (tertiary/aromatic N) is 1. The lowest BCUT2D eigenvalue weighted by Crippen LogP contribution is -2.26. The summed E-state index contributed by atoms with van der Waals surface area (Å²) in [5.41, 5.74) is 18.5. The zero-order valence-electron chi connectivity index (χ0n) is 33.2. The Morgan fingerprint density at radius 3 is 1.66 bits per heavy atom. The van der Waals surface area contributed by atoms with Gasteiger partial charge in [-0.15, -0.1) is 11.3 Å². The molecule has 284 valence electrons. The van der Waals surface area contributed by atoms with Crippen LogP contribution in [-0.4, -0.2) is 0 Å². The molecule has 0 radical (unpaired) electrons. The fraction of sp³-hybridized carbons (Fsp3) is 0.0169. The molecule has 0 N–H and O–H groups in total. The number of rotatable bonds is 5. The monoisotopic (exact) mass is 791 g/mol. The van der Waals surface area contributed by atoms with E-state index >= 15 is 0 Å². The van der Waals surface area contributed by atoms with Crippen molar-refractivity contribution in [1.82, 2.24) is 0 Å². The highest BCUT2D eigenvalue weighted by Gasteiger charge is 2.52. The fourth-order valence-corrected chi connectivity index (χ4v) is 12.1. The van der Waals surface area contributed by atoms with E-state index < -0.39 is 5.41 Å². The van der Waals surface area contributed by atoms with Crippen LogP contribution in [-0.2, 0) is 5.41 Å².